The number of ether oxygens (including phenoxy) is 1. The van der Waals surface area contributed by atoms with Crippen LogP contribution in [-0.4, -0.2) is 51.8 Å². The summed E-state index contributed by atoms with van der Waals surface area (Å²) >= 11 is 0. The quantitative estimate of drug-likeness (QED) is 0.599. The Morgan fingerprint density at radius 1 is 1.47 bits per heavy atom. The fourth-order valence-corrected chi connectivity index (χ4v) is 1.76. The first-order valence-electron chi connectivity index (χ1n) is 5.79. The van der Waals surface area contributed by atoms with E-state index in [1.807, 2.05) is 13.8 Å². The molecule has 1 atom stereocenters. The van der Waals surface area contributed by atoms with Crippen LogP contribution in [0, 0.1) is 5.41 Å². The van der Waals surface area contributed by atoms with Crippen molar-refractivity contribution in [3.8, 4) is 0 Å². The molecule has 0 aromatic rings. The lowest BCUT2D eigenvalue weighted by Gasteiger charge is -2.27. The van der Waals surface area contributed by atoms with Crippen LogP contribution in [-0.2, 0) is 9.53 Å². The average molecular weight is 266 g/mol. The molecule has 0 aliphatic carbocycles. The topological polar surface area (TPSA) is 62.4 Å². The molecule has 0 bridgehead atoms. The Morgan fingerprint density at radius 2 is 2.18 bits per heavy atom. The van der Waals surface area contributed by atoms with Crippen molar-refractivity contribution in [2.45, 2.75) is 19.9 Å². The third-order valence-electron chi connectivity index (χ3n) is 2.82. The number of piperazine rings is 1. The van der Waals surface area contributed by atoms with E-state index < -0.39 is 5.41 Å². The third kappa shape index (κ3) is 5.68. The van der Waals surface area contributed by atoms with Gasteiger partial charge in [0, 0.05) is 38.8 Å². The minimum absolute atomic E-state index is 0. The Kier molecular flexibility index (Phi) is 7.70. The molecular formula is C11H24ClN3O2. The van der Waals surface area contributed by atoms with E-state index in [9.17, 15) is 4.79 Å². The summed E-state index contributed by atoms with van der Waals surface area (Å²) in [7, 11) is 1.43. The van der Waals surface area contributed by atoms with Crippen LogP contribution in [0.15, 0.2) is 0 Å². The predicted molar refractivity (Wildman–Crippen MR) is 70.6 cm³/mol. The third-order valence-corrected chi connectivity index (χ3v) is 2.82. The summed E-state index contributed by atoms with van der Waals surface area (Å²) in [6, 6.07) is 0.446. The molecule has 3 N–H and O–H groups in total. The zero-order valence-electron chi connectivity index (χ0n) is 10.8. The van der Waals surface area contributed by atoms with Crippen molar-refractivity contribution in [1.29, 1.82) is 0 Å². The van der Waals surface area contributed by atoms with Gasteiger partial charge in [-0.2, -0.15) is 0 Å². The van der Waals surface area contributed by atoms with Gasteiger partial charge in [-0.25, -0.2) is 0 Å². The van der Waals surface area contributed by atoms with Gasteiger partial charge in [-0.3, -0.25) is 4.79 Å². The number of methoxy groups -OCH3 is 1. The summed E-state index contributed by atoms with van der Waals surface area (Å²) < 4.78 is 4.75. The molecule has 0 aromatic heterocycles. The van der Waals surface area contributed by atoms with Crippen molar-refractivity contribution in [3.05, 3.63) is 0 Å². The smallest absolute Gasteiger partial charge is 0.312 e. The van der Waals surface area contributed by atoms with Gasteiger partial charge in [-0.1, -0.05) is 0 Å². The van der Waals surface area contributed by atoms with E-state index in [1.165, 1.54) is 7.11 Å². The number of hydrogen-bond acceptors (Lipinski definition) is 5. The molecule has 1 fully saturated rings. The minimum Gasteiger partial charge on any atom is -0.469 e. The SMILES string of the molecule is COC(=O)C(C)(C)CNC[C@@H]1CNCCN1.Cl. The lowest BCUT2D eigenvalue weighted by molar-refractivity contribution is -0.150. The van der Waals surface area contributed by atoms with Crippen molar-refractivity contribution in [2.24, 2.45) is 5.41 Å². The summed E-state index contributed by atoms with van der Waals surface area (Å²) in [5, 5.41) is 10.0. The van der Waals surface area contributed by atoms with Crippen LogP contribution >= 0.6 is 12.4 Å². The van der Waals surface area contributed by atoms with Crippen molar-refractivity contribution in [1.82, 2.24) is 16.0 Å². The van der Waals surface area contributed by atoms with Gasteiger partial charge in [0.2, 0.25) is 0 Å². The zero-order chi connectivity index (χ0) is 12.0. The molecule has 6 heteroatoms. The standard InChI is InChI=1S/C11H23N3O2.ClH/c1-11(2,10(15)16-3)8-13-7-9-6-12-4-5-14-9;/h9,12-14H,4-8H2,1-3H3;1H/t9-;/m0./s1. The van der Waals surface area contributed by atoms with Gasteiger partial charge in [0.15, 0.2) is 0 Å². The van der Waals surface area contributed by atoms with Crippen molar-refractivity contribution in [2.75, 3.05) is 39.8 Å². The molecule has 0 aromatic carbocycles. The highest BCUT2D eigenvalue weighted by atomic mass is 35.5. The molecule has 0 radical (unpaired) electrons. The number of hydrogen-bond donors (Lipinski definition) is 3. The Labute approximate surface area is 109 Å². The van der Waals surface area contributed by atoms with E-state index in [4.69, 9.17) is 4.74 Å². The van der Waals surface area contributed by atoms with E-state index in [1.54, 1.807) is 0 Å². The van der Waals surface area contributed by atoms with Gasteiger partial charge >= 0.3 is 5.97 Å². The molecule has 5 nitrogen and oxygen atoms in total. The predicted octanol–water partition coefficient (Wildman–Crippen LogP) is -0.242. The zero-order valence-corrected chi connectivity index (χ0v) is 11.7. The van der Waals surface area contributed by atoms with Crippen LogP contribution in [0.4, 0.5) is 0 Å². The molecular weight excluding hydrogens is 242 g/mol. The largest absolute Gasteiger partial charge is 0.469 e. The monoisotopic (exact) mass is 265 g/mol. The summed E-state index contributed by atoms with van der Waals surface area (Å²) in [5.41, 5.74) is -0.461. The van der Waals surface area contributed by atoms with E-state index in [-0.39, 0.29) is 18.4 Å². The molecule has 0 amide bonds. The first-order chi connectivity index (χ1) is 7.56. The van der Waals surface area contributed by atoms with E-state index in [0.717, 1.165) is 26.2 Å². The highest BCUT2D eigenvalue weighted by molar-refractivity contribution is 5.85. The Morgan fingerprint density at radius 3 is 2.71 bits per heavy atom. The maximum atomic E-state index is 11.4. The van der Waals surface area contributed by atoms with E-state index in [2.05, 4.69) is 16.0 Å². The highest BCUT2D eigenvalue weighted by Gasteiger charge is 2.28. The molecule has 1 heterocycles. The van der Waals surface area contributed by atoms with Crippen LogP contribution in [0.3, 0.4) is 0 Å². The molecule has 1 aliphatic heterocycles. The number of rotatable bonds is 5. The molecule has 1 saturated heterocycles. The van der Waals surface area contributed by atoms with Crippen LogP contribution in [0.5, 0.6) is 0 Å². The fourth-order valence-electron chi connectivity index (χ4n) is 1.76. The van der Waals surface area contributed by atoms with Gasteiger partial charge in [-0.15, -0.1) is 12.4 Å². The second-order valence-corrected chi connectivity index (χ2v) is 4.86. The van der Waals surface area contributed by atoms with E-state index >= 15 is 0 Å². The van der Waals surface area contributed by atoms with Crippen LogP contribution in [0.2, 0.25) is 0 Å². The van der Waals surface area contributed by atoms with Crippen LogP contribution in [0.25, 0.3) is 0 Å². The lowest BCUT2D eigenvalue weighted by atomic mass is 9.93. The van der Waals surface area contributed by atoms with Crippen LogP contribution < -0.4 is 16.0 Å². The molecule has 17 heavy (non-hydrogen) atoms. The summed E-state index contributed by atoms with van der Waals surface area (Å²) in [6.45, 7) is 8.30. The number of halogens is 1. The number of carbonyl (C=O) groups excluding carboxylic acids is 1. The molecule has 0 spiro atoms. The van der Waals surface area contributed by atoms with Crippen molar-refractivity contribution in [3.63, 3.8) is 0 Å². The van der Waals surface area contributed by atoms with Gasteiger partial charge in [0.1, 0.15) is 0 Å². The van der Waals surface area contributed by atoms with Crippen molar-refractivity contribution < 1.29 is 9.53 Å². The van der Waals surface area contributed by atoms with Gasteiger partial charge in [-0.05, 0) is 13.8 Å². The maximum absolute atomic E-state index is 11.4. The Hall–Kier alpha value is -0.360. The first-order valence-corrected chi connectivity index (χ1v) is 5.79. The van der Waals surface area contributed by atoms with Gasteiger partial charge in [0.25, 0.3) is 0 Å². The van der Waals surface area contributed by atoms with Crippen molar-refractivity contribution >= 4 is 18.4 Å². The number of carbonyl (C=O) groups is 1. The van der Waals surface area contributed by atoms with Gasteiger partial charge in [0.05, 0.1) is 12.5 Å². The molecule has 0 unspecified atom stereocenters. The second-order valence-electron chi connectivity index (χ2n) is 4.86. The summed E-state index contributed by atoms with van der Waals surface area (Å²) in [4.78, 5) is 11.4. The van der Waals surface area contributed by atoms with E-state index in [0.29, 0.717) is 12.6 Å². The Balaban J connectivity index is 0.00000256. The normalized spacial score (nSPS) is 20.5. The Bertz CT molecular complexity index is 231. The average Bonchev–Trinajstić information content (AvgIpc) is 2.29. The summed E-state index contributed by atoms with van der Waals surface area (Å²) in [5.74, 6) is -0.172. The molecule has 102 valence electrons. The number of esters is 1. The molecule has 1 rings (SSSR count). The van der Waals surface area contributed by atoms with Gasteiger partial charge < -0.3 is 20.7 Å². The van der Waals surface area contributed by atoms with Crippen LogP contribution in [0.1, 0.15) is 13.8 Å². The second kappa shape index (κ2) is 7.87. The molecule has 1 aliphatic rings. The maximum Gasteiger partial charge on any atom is 0.312 e. The summed E-state index contributed by atoms with van der Waals surface area (Å²) in [6.07, 6.45) is 0. The highest BCUT2D eigenvalue weighted by Crippen LogP contribution is 2.15. The first kappa shape index (κ1) is 16.6. The number of nitrogens with one attached hydrogen (secondary N) is 3. The fraction of sp³-hybridized carbons (Fsp3) is 0.909. The molecule has 0 saturated carbocycles. The minimum atomic E-state index is -0.461. The lowest BCUT2D eigenvalue weighted by Crippen LogP contribution is -2.53.